The maximum Gasteiger partial charge on any atom is 0.490 e. The Hall–Kier alpha value is -5.35. The van der Waals surface area contributed by atoms with Crippen LogP contribution in [0.15, 0.2) is 72.8 Å². The molecule has 0 aliphatic carbocycles. The second-order valence-corrected chi connectivity index (χ2v) is 17.0. The molecule has 0 aromatic heterocycles. The first-order chi connectivity index (χ1) is 28.6. The van der Waals surface area contributed by atoms with Gasteiger partial charge in [0.2, 0.25) is 11.8 Å². The zero-order valence-electron chi connectivity index (χ0n) is 32.9. The van der Waals surface area contributed by atoms with Gasteiger partial charge in [0.25, 0.3) is 11.7 Å². The van der Waals surface area contributed by atoms with Gasteiger partial charge < -0.3 is 31.1 Å². The molecular formula is C39H41ClF8N4O9S. The fourth-order valence-corrected chi connectivity index (χ4v) is 8.04. The number of sulfone groups is 1. The molecule has 1 heterocycles. The summed E-state index contributed by atoms with van der Waals surface area (Å²) in [5.74, 6) is -14.9. The molecule has 1 saturated heterocycles. The summed E-state index contributed by atoms with van der Waals surface area (Å²) >= 11 is 5.88. The number of hydrogen-bond donors (Lipinski definition) is 4. The van der Waals surface area contributed by atoms with Crippen molar-refractivity contribution < 1.29 is 77.4 Å². The lowest BCUT2D eigenvalue weighted by atomic mass is 9.98. The number of nitrogens with zero attached hydrogens (tertiary/aromatic N) is 1. The Labute approximate surface area is 354 Å². The van der Waals surface area contributed by atoms with Crippen molar-refractivity contribution >= 4 is 50.9 Å². The molecule has 3 aromatic rings. The third-order valence-corrected chi connectivity index (χ3v) is 11.8. The largest absolute Gasteiger partial charge is 0.497 e. The van der Waals surface area contributed by atoms with Crippen molar-refractivity contribution in [2.24, 2.45) is 11.7 Å². The van der Waals surface area contributed by atoms with Crippen LogP contribution >= 0.6 is 11.6 Å². The number of carboxylic acid groups (broad SMARTS) is 1. The predicted molar refractivity (Wildman–Crippen MR) is 206 cm³/mol. The lowest BCUT2D eigenvalue weighted by Gasteiger charge is -2.31. The van der Waals surface area contributed by atoms with Gasteiger partial charge in [-0.3, -0.25) is 19.2 Å². The van der Waals surface area contributed by atoms with Gasteiger partial charge in [0.05, 0.1) is 24.2 Å². The van der Waals surface area contributed by atoms with Crippen LogP contribution in [0.4, 0.5) is 35.1 Å². The van der Waals surface area contributed by atoms with Gasteiger partial charge in [0.15, 0.2) is 9.84 Å². The fourth-order valence-electron chi connectivity index (χ4n) is 6.09. The van der Waals surface area contributed by atoms with Crippen LogP contribution in [0.5, 0.6) is 5.75 Å². The number of aliphatic carboxylic acids is 1. The van der Waals surface area contributed by atoms with Gasteiger partial charge in [0.1, 0.15) is 17.8 Å². The molecule has 1 aliphatic heterocycles. The molecule has 4 rings (SSSR count). The third-order valence-electron chi connectivity index (χ3n) is 9.43. The molecule has 1 fully saturated rings. The van der Waals surface area contributed by atoms with E-state index in [9.17, 15) is 53.9 Å². The summed E-state index contributed by atoms with van der Waals surface area (Å²) in [6.45, 7) is 1.94. The molecule has 62 heavy (non-hydrogen) atoms. The molecule has 0 spiro atoms. The highest BCUT2D eigenvalue weighted by Crippen LogP contribution is 2.32. The van der Waals surface area contributed by atoms with Gasteiger partial charge in [-0.15, -0.1) is 0 Å². The number of rotatable bonds is 15. The minimum atomic E-state index is -5.35. The van der Waals surface area contributed by atoms with Gasteiger partial charge in [-0.25, -0.2) is 13.2 Å². The second kappa shape index (κ2) is 20.7. The summed E-state index contributed by atoms with van der Waals surface area (Å²) in [7, 11) is -2.81. The Morgan fingerprint density at radius 3 is 1.90 bits per heavy atom. The predicted octanol–water partition coefficient (Wildman–Crippen LogP) is 5.12. The van der Waals surface area contributed by atoms with Gasteiger partial charge >= 0.3 is 24.2 Å². The topological polar surface area (TPSA) is 202 Å². The number of carbonyl (C=O) groups is 5. The van der Waals surface area contributed by atoms with E-state index in [1.807, 2.05) is 10.6 Å². The maximum atomic E-state index is 15.6. The van der Waals surface area contributed by atoms with E-state index in [-0.39, 0.29) is 11.6 Å². The Balaban J connectivity index is 0.00000134. The van der Waals surface area contributed by atoms with Crippen LogP contribution in [0.25, 0.3) is 0 Å². The first-order valence-corrected chi connectivity index (χ1v) is 20.3. The van der Waals surface area contributed by atoms with E-state index in [1.165, 1.54) is 69.5 Å². The number of carboxylic acids is 1. The molecular weight excluding hydrogens is 888 g/mol. The highest BCUT2D eigenvalue weighted by atomic mass is 35.5. The maximum absolute atomic E-state index is 15.6. The van der Waals surface area contributed by atoms with E-state index in [0.29, 0.717) is 22.4 Å². The summed E-state index contributed by atoms with van der Waals surface area (Å²) < 4.78 is 136. The molecule has 13 nitrogen and oxygen atoms in total. The number of nitrogens with one attached hydrogen (secondary N) is 2. The van der Waals surface area contributed by atoms with Crippen LogP contribution in [0.1, 0.15) is 42.5 Å². The van der Waals surface area contributed by atoms with E-state index < -0.39 is 118 Å². The Morgan fingerprint density at radius 1 is 0.871 bits per heavy atom. The van der Waals surface area contributed by atoms with Crippen molar-refractivity contribution in [3.63, 3.8) is 0 Å². The summed E-state index contributed by atoms with van der Waals surface area (Å²) in [5, 5.41) is 9.63. The van der Waals surface area contributed by atoms with Crippen LogP contribution in [0, 0.1) is 5.92 Å². The van der Waals surface area contributed by atoms with Crippen LogP contribution in [0.2, 0.25) is 5.02 Å². The van der Waals surface area contributed by atoms with Crippen LogP contribution in [-0.2, 0) is 58.5 Å². The number of carbonyl (C=O) groups excluding carboxylic acids is 4. The van der Waals surface area contributed by atoms with E-state index in [1.54, 1.807) is 12.1 Å². The van der Waals surface area contributed by atoms with Crippen molar-refractivity contribution in [3.05, 3.63) is 100 Å². The van der Waals surface area contributed by atoms with E-state index in [4.69, 9.17) is 32.0 Å². The smallest absolute Gasteiger partial charge is 0.490 e. The number of ether oxygens (including phenoxy) is 1. The SMILES string of the molecule is COc1ccc(CS(=O)(=O)[C@@H]2C[C@@H](C(=O)N[C@H](C(=O)C(F)(F)F)C(C)C)N(C(=O)[C@H](Cc3ccc(CN)cc3)NC(=O)C(F)(F)c3cccc(Cl)c3)C2)cc1.O=C(O)C(F)(F)F. The van der Waals surface area contributed by atoms with Crippen LogP contribution in [-0.4, -0.2) is 97.3 Å². The highest BCUT2D eigenvalue weighted by Gasteiger charge is 2.50. The van der Waals surface area contributed by atoms with E-state index >= 15 is 8.78 Å². The summed E-state index contributed by atoms with van der Waals surface area (Å²) in [6.07, 6.45) is -11.5. The van der Waals surface area contributed by atoms with Crippen molar-refractivity contribution in [1.82, 2.24) is 15.5 Å². The van der Waals surface area contributed by atoms with Crippen LogP contribution < -0.4 is 21.1 Å². The van der Waals surface area contributed by atoms with E-state index in [0.717, 1.165) is 17.0 Å². The Bertz CT molecular complexity index is 2190. The number of Topliss-reactive ketones (excluding diaryl/α,β-unsaturated/α-hetero) is 1. The normalized spacial score (nSPS) is 16.7. The number of halogens is 9. The molecule has 4 atom stereocenters. The zero-order chi connectivity index (χ0) is 47.0. The lowest BCUT2D eigenvalue weighted by Crippen LogP contribution is -2.58. The summed E-state index contributed by atoms with van der Waals surface area (Å²) in [6, 6.07) is 10.8. The van der Waals surface area contributed by atoms with Crippen molar-refractivity contribution in [2.75, 3.05) is 13.7 Å². The second-order valence-electron chi connectivity index (χ2n) is 14.3. The number of alkyl halides is 8. The van der Waals surface area contributed by atoms with Gasteiger partial charge in [0, 0.05) is 30.1 Å². The minimum Gasteiger partial charge on any atom is -0.497 e. The molecule has 3 aromatic carbocycles. The Kier molecular flexibility index (Phi) is 17.0. The average molecular weight is 929 g/mol. The number of nitrogens with two attached hydrogens (primary N) is 1. The quantitative estimate of drug-likeness (QED) is 0.148. The third kappa shape index (κ3) is 13.6. The monoisotopic (exact) mass is 928 g/mol. The number of amides is 3. The summed E-state index contributed by atoms with van der Waals surface area (Å²) in [5.41, 5.74) is 6.22. The average Bonchev–Trinajstić information content (AvgIpc) is 3.66. The molecule has 0 unspecified atom stereocenters. The number of methoxy groups -OCH3 is 1. The molecule has 0 radical (unpaired) electrons. The molecule has 23 heteroatoms. The lowest BCUT2D eigenvalue weighted by molar-refractivity contribution is -0.192. The first kappa shape index (κ1) is 51.0. The first-order valence-electron chi connectivity index (χ1n) is 18.2. The molecule has 1 aliphatic rings. The minimum absolute atomic E-state index is 0.103. The van der Waals surface area contributed by atoms with Crippen LogP contribution in [0.3, 0.4) is 0 Å². The zero-order valence-corrected chi connectivity index (χ0v) is 34.5. The number of benzene rings is 3. The summed E-state index contributed by atoms with van der Waals surface area (Å²) in [4.78, 5) is 63.4. The van der Waals surface area contributed by atoms with Crippen molar-refractivity contribution in [1.29, 1.82) is 0 Å². The molecule has 3 amide bonds. The van der Waals surface area contributed by atoms with Crippen molar-refractivity contribution in [3.8, 4) is 5.75 Å². The van der Waals surface area contributed by atoms with Gasteiger partial charge in [-0.2, -0.15) is 35.1 Å². The molecule has 5 N–H and O–H groups in total. The molecule has 0 saturated carbocycles. The van der Waals surface area contributed by atoms with E-state index in [2.05, 4.69) is 0 Å². The number of ketones is 1. The molecule has 340 valence electrons. The standard InChI is InChI=1S/C37H40ClF5N4O7S.C2HF3O2/c1-21(2)31(32(48)37(41,42)43)46-33(49)30-17-28(55(52,53)20-24-11-13-27(54-3)14-12-24)19-47(30)34(50)29(15-22-7-9-23(18-44)10-8-22)45-35(51)36(39,40)25-5-4-6-26(38)16-25;3-2(4,5)1(6)7/h4-14,16,21,28-31H,15,17-20,44H2,1-3H3,(H,45,51)(H,46,49);(H,6,7)/t28-,29+,30+,31+;/m1./s1. The molecule has 0 bridgehead atoms. The van der Waals surface area contributed by atoms with Crippen molar-refractivity contribution in [2.45, 2.75) is 80.6 Å². The van der Waals surface area contributed by atoms with Gasteiger partial charge in [-0.1, -0.05) is 74.0 Å². The highest BCUT2D eigenvalue weighted by molar-refractivity contribution is 7.91. The number of hydrogen-bond acceptors (Lipinski definition) is 9. The fraction of sp³-hybridized carbons (Fsp3) is 0.410. The Morgan fingerprint density at radius 2 is 1.42 bits per heavy atom. The number of likely N-dealkylation sites (tertiary alicyclic amines) is 1. The van der Waals surface area contributed by atoms with Gasteiger partial charge in [-0.05, 0) is 53.3 Å².